The van der Waals surface area contributed by atoms with Crippen molar-refractivity contribution < 1.29 is 9.84 Å². The van der Waals surface area contributed by atoms with Crippen molar-refractivity contribution in [2.24, 2.45) is 0 Å². The number of ether oxygens (including phenoxy) is 1. The molecule has 1 saturated heterocycles. The lowest BCUT2D eigenvalue weighted by Gasteiger charge is -2.03. The monoisotopic (exact) mass is 158 g/mol. The van der Waals surface area contributed by atoms with Crippen molar-refractivity contribution in [1.29, 1.82) is 0 Å². The summed E-state index contributed by atoms with van der Waals surface area (Å²) in [6.07, 6.45) is 4.98. The Morgan fingerprint density at radius 1 is 1.45 bits per heavy atom. The summed E-state index contributed by atoms with van der Waals surface area (Å²) in [5.74, 6) is 0. The van der Waals surface area contributed by atoms with Crippen molar-refractivity contribution in [1.82, 2.24) is 0 Å². The molecule has 1 rings (SSSR count). The first kappa shape index (κ1) is 9.01. The summed E-state index contributed by atoms with van der Waals surface area (Å²) < 4.78 is 5.35. The Hall–Kier alpha value is -0.0800. The molecule has 0 aromatic carbocycles. The number of unbranched alkanes of at least 4 members (excludes halogenated alkanes) is 2. The van der Waals surface area contributed by atoms with Gasteiger partial charge in [0.2, 0.25) is 0 Å². The van der Waals surface area contributed by atoms with Crippen LogP contribution in [-0.2, 0) is 4.74 Å². The predicted octanol–water partition coefficient (Wildman–Crippen LogP) is 1.72. The number of aliphatic hydroxyl groups excluding tert-OH is 1. The number of hydrogen-bond donors (Lipinski definition) is 1. The van der Waals surface area contributed by atoms with Crippen LogP contribution in [0.15, 0.2) is 0 Å². The summed E-state index contributed by atoms with van der Waals surface area (Å²) in [6.45, 7) is 4.46. The highest BCUT2D eigenvalue weighted by atomic mass is 16.6. The normalized spacial score (nSPS) is 35.7. The van der Waals surface area contributed by atoms with Gasteiger partial charge in [-0.2, -0.15) is 0 Å². The SMILES string of the molecule is CCCCC[C@]1(C)O[C@H]1CO. The van der Waals surface area contributed by atoms with Crippen LogP contribution in [0.5, 0.6) is 0 Å². The highest BCUT2D eigenvalue weighted by molar-refractivity contribution is 4.98. The van der Waals surface area contributed by atoms with Crippen LogP contribution in [0.1, 0.15) is 39.5 Å². The zero-order valence-corrected chi connectivity index (χ0v) is 7.47. The van der Waals surface area contributed by atoms with Gasteiger partial charge in [0.1, 0.15) is 6.10 Å². The molecule has 1 fully saturated rings. The van der Waals surface area contributed by atoms with E-state index in [4.69, 9.17) is 9.84 Å². The van der Waals surface area contributed by atoms with Crippen molar-refractivity contribution in [2.45, 2.75) is 51.2 Å². The van der Waals surface area contributed by atoms with Crippen LogP contribution in [-0.4, -0.2) is 23.4 Å². The van der Waals surface area contributed by atoms with Gasteiger partial charge in [0.25, 0.3) is 0 Å². The lowest BCUT2D eigenvalue weighted by atomic mass is 10.0. The van der Waals surface area contributed by atoms with Gasteiger partial charge < -0.3 is 9.84 Å². The fourth-order valence-electron chi connectivity index (χ4n) is 1.47. The van der Waals surface area contributed by atoms with E-state index in [9.17, 15) is 0 Å². The Kier molecular flexibility index (Phi) is 2.90. The van der Waals surface area contributed by atoms with Gasteiger partial charge in [0.15, 0.2) is 0 Å². The van der Waals surface area contributed by atoms with Gasteiger partial charge in [-0.05, 0) is 13.3 Å². The molecule has 2 atom stereocenters. The second kappa shape index (κ2) is 3.55. The average molecular weight is 158 g/mol. The van der Waals surface area contributed by atoms with E-state index in [1.165, 1.54) is 19.3 Å². The summed E-state index contributed by atoms with van der Waals surface area (Å²) in [6, 6.07) is 0. The Balaban J connectivity index is 2.08. The van der Waals surface area contributed by atoms with Gasteiger partial charge in [-0.15, -0.1) is 0 Å². The number of aliphatic hydroxyl groups is 1. The Morgan fingerprint density at radius 2 is 2.18 bits per heavy atom. The van der Waals surface area contributed by atoms with E-state index in [1.807, 2.05) is 0 Å². The number of hydrogen-bond acceptors (Lipinski definition) is 2. The molecule has 0 saturated carbocycles. The van der Waals surface area contributed by atoms with Crippen LogP contribution in [0.3, 0.4) is 0 Å². The topological polar surface area (TPSA) is 32.8 Å². The molecular formula is C9H18O2. The highest BCUT2D eigenvalue weighted by Crippen LogP contribution is 2.40. The first-order valence-electron chi connectivity index (χ1n) is 4.51. The Bertz CT molecular complexity index is 125. The summed E-state index contributed by atoms with van der Waals surface area (Å²) in [5.41, 5.74) is 0.0178. The standard InChI is InChI=1S/C9H18O2/c1-3-4-5-6-9(2)8(7-10)11-9/h8,10H,3-7H2,1-2H3/t8-,9-/m0/s1. The molecule has 1 aliphatic rings. The van der Waals surface area contributed by atoms with Gasteiger partial charge in [0, 0.05) is 0 Å². The van der Waals surface area contributed by atoms with Crippen molar-refractivity contribution in [3.05, 3.63) is 0 Å². The third kappa shape index (κ3) is 2.17. The maximum absolute atomic E-state index is 8.77. The largest absolute Gasteiger partial charge is 0.394 e. The maximum atomic E-state index is 8.77. The van der Waals surface area contributed by atoms with Crippen LogP contribution >= 0.6 is 0 Å². The van der Waals surface area contributed by atoms with E-state index in [0.29, 0.717) is 0 Å². The van der Waals surface area contributed by atoms with Crippen molar-refractivity contribution in [3.63, 3.8) is 0 Å². The van der Waals surface area contributed by atoms with Gasteiger partial charge in [0.05, 0.1) is 12.2 Å². The fourth-order valence-corrected chi connectivity index (χ4v) is 1.47. The molecule has 1 heterocycles. The van der Waals surface area contributed by atoms with E-state index in [0.717, 1.165) is 6.42 Å². The summed E-state index contributed by atoms with van der Waals surface area (Å²) in [4.78, 5) is 0. The van der Waals surface area contributed by atoms with Crippen LogP contribution < -0.4 is 0 Å². The minimum Gasteiger partial charge on any atom is -0.394 e. The van der Waals surface area contributed by atoms with E-state index >= 15 is 0 Å². The zero-order valence-electron chi connectivity index (χ0n) is 7.47. The average Bonchev–Trinajstić information content (AvgIpc) is 2.63. The third-order valence-corrected chi connectivity index (χ3v) is 2.48. The molecule has 0 aliphatic carbocycles. The molecule has 0 unspecified atom stereocenters. The van der Waals surface area contributed by atoms with E-state index in [1.54, 1.807) is 0 Å². The van der Waals surface area contributed by atoms with Crippen molar-refractivity contribution >= 4 is 0 Å². The molecule has 66 valence electrons. The van der Waals surface area contributed by atoms with E-state index in [-0.39, 0.29) is 18.3 Å². The van der Waals surface area contributed by atoms with Crippen molar-refractivity contribution in [3.8, 4) is 0 Å². The van der Waals surface area contributed by atoms with Gasteiger partial charge >= 0.3 is 0 Å². The Labute approximate surface area is 68.6 Å². The molecule has 0 radical (unpaired) electrons. The summed E-state index contributed by atoms with van der Waals surface area (Å²) in [7, 11) is 0. The predicted molar refractivity (Wildman–Crippen MR) is 44.5 cm³/mol. The third-order valence-electron chi connectivity index (χ3n) is 2.48. The molecular weight excluding hydrogens is 140 g/mol. The molecule has 0 amide bonds. The smallest absolute Gasteiger partial charge is 0.110 e. The first-order valence-corrected chi connectivity index (χ1v) is 4.51. The molecule has 0 aromatic heterocycles. The fraction of sp³-hybridized carbons (Fsp3) is 1.00. The minimum atomic E-state index is 0.0178. The molecule has 1 aliphatic heterocycles. The van der Waals surface area contributed by atoms with Crippen molar-refractivity contribution in [2.75, 3.05) is 6.61 Å². The van der Waals surface area contributed by atoms with E-state index in [2.05, 4.69) is 13.8 Å². The van der Waals surface area contributed by atoms with Crippen LogP contribution in [0, 0.1) is 0 Å². The molecule has 0 spiro atoms. The number of rotatable bonds is 5. The van der Waals surface area contributed by atoms with Crippen LogP contribution in [0.4, 0.5) is 0 Å². The number of epoxide rings is 1. The van der Waals surface area contributed by atoms with Crippen LogP contribution in [0.25, 0.3) is 0 Å². The highest BCUT2D eigenvalue weighted by Gasteiger charge is 2.50. The first-order chi connectivity index (χ1) is 5.23. The van der Waals surface area contributed by atoms with Gasteiger partial charge in [-0.25, -0.2) is 0 Å². The van der Waals surface area contributed by atoms with Crippen LogP contribution in [0.2, 0.25) is 0 Å². The molecule has 0 bridgehead atoms. The summed E-state index contributed by atoms with van der Waals surface area (Å²) >= 11 is 0. The van der Waals surface area contributed by atoms with Gasteiger partial charge in [-0.3, -0.25) is 0 Å². The lowest BCUT2D eigenvalue weighted by molar-refractivity contribution is 0.234. The Morgan fingerprint density at radius 3 is 2.64 bits per heavy atom. The molecule has 2 nitrogen and oxygen atoms in total. The maximum Gasteiger partial charge on any atom is 0.110 e. The minimum absolute atomic E-state index is 0.0178. The zero-order chi connectivity index (χ0) is 8.32. The van der Waals surface area contributed by atoms with Gasteiger partial charge in [-0.1, -0.05) is 26.2 Å². The summed E-state index contributed by atoms with van der Waals surface area (Å²) in [5, 5.41) is 8.77. The molecule has 2 heteroatoms. The molecule has 0 aromatic rings. The molecule has 1 N–H and O–H groups in total. The van der Waals surface area contributed by atoms with E-state index < -0.39 is 0 Å². The second-order valence-electron chi connectivity index (χ2n) is 3.56. The molecule has 11 heavy (non-hydrogen) atoms. The lowest BCUT2D eigenvalue weighted by Crippen LogP contribution is -2.12. The second-order valence-corrected chi connectivity index (χ2v) is 3.56. The quantitative estimate of drug-likeness (QED) is 0.488.